The topological polar surface area (TPSA) is 84.1 Å². The fourth-order valence-corrected chi connectivity index (χ4v) is 1.60. The minimum Gasteiger partial charge on any atom is -0.382 e. The molecule has 0 fully saturated rings. The molecule has 0 saturated carbocycles. The number of allylic oxidation sites excluding steroid dienone is 1. The average molecular weight is 328 g/mol. The number of carbonyl (C=O) groups excluding carboxylic acids is 1. The van der Waals surface area contributed by atoms with Gasteiger partial charge in [-0.2, -0.15) is 0 Å². The van der Waals surface area contributed by atoms with Gasteiger partial charge in [0.05, 0.1) is 6.20 Å². The highest BCUT2D eigenvalue weighted by atomic mass is 79.9. The van der Waals surface area contributed by atoms with Crippen molar-refractivity contribution in [1.29, 1.82) is 0 Å². The average Bonchev–Trinajstić information content (AvgIpc) is 2.38. The maximum absolute atomic E-state index is 12.0. The molecule has 0 bridgehead atoms. The van der Waals surface area contributed by atoms with E-state index in [0.717, 1.165) is 6.42 Å². The zero-order valence-electron chi connectivity index (χ0n) is 11.2. The van der Waals surface area contributed by atoms with Crippen LogP contribution in [0.15, 0.2) is 23.0 Å². The van der Waals surface area contributed by atoms with Crippen molar-refractivity contribution in [2.24, 2.45) is 0 Å². The lowest BCUT2D eigenvalue weighted by Crippen LogP contribution is -2.44. The molecule has 1 atom stereocenters. The van der Waals surface area contributed by atoms with E-state index in [1.807, 2.05) is 19.1 Å². The summed E-state index contributed by atoms with van der Waals surface area (Å²) in [5, 5.41) is 1.69. The fourth-order valence-electron chi connectivity index (χ4n) is 1.32. The van der Waals surface area contributed by atoms with Gasteiger partial charge in [0.15, 0.2) is 11.5 Å². The lowest BCUT2D eigenvalue weighted by atomic mass is 10.3. The predicted molar refractivity (Wildman–Crippen MR) is 78.3 cm³/mol. The Kier molecular flexibility index (Phi) is 5.91. The van der Waals surface area contributed by atoms with E-state index in [-0.39, 0.29) is 23.5 Å². The lowest BCUT2D eigenvalue weighted by Gasteiger charge is -2.22. The highest BCUT2D eigenvalue weighted by Crippen LogP contribution is 2.10. The number of carbonyl (C=O) groups is 1. The van der Waals surface area contributed by atoms with Gasteiger partial charge in [0.2, 0.25) is 0 Å². The normalized spacial score (nSPS) is 12.9. The number of hydrogen-bond donors (Lipinski definition) is 2. The Morgan fingerprint density at radius 2 is 2.37 bits per heavy atom. The first-order valence-electron chi connectivity index (χ1n) is 5.94. The van der Waals surface area contributed by atoms with Crippen LogP contribution in [0.25, 0.3) is 0 Å². The van der Waals surface area contributed by atoms with Gasteiger partial charge in [-0.25, -0.2) is 15.0 Å². The van der Waals surface area contributed by atoms with E-state index in [2.05, 4.69) is 38.2 Å². The van der Waals surface area contributed by atoms with Crippen LogP contribution < -0.4 is 11.2 Å². The third-order valence-electron chi connectivity index (χ3n) is 2.53. The van der Waals surface area contributed by atoms with E-state index in [4.69, 9.17) is 5.73 Å². The number of aromatic nitrogens is 2. The van der Waals surface area contributed by atoms with Gasteiger partial charge in [0.25, 0.3) is 5.91 Å². The molecule has 0 aliphatic rings. The largest absolute Gasteiger partial charge is 0.382 e. The number of nitrogens with two attached hydrogens (primary N) is 1. The number of nitrogens with one attached hydrogen (secondary N) is 1. The summed E-state index contributed by atoms with van der Waals surface area (Å²) in [6, 6.07) is 0.0743. The first-order chi connectivity index (χ1) is 8.95. The molecule has 1 aromatic rings. The highest BCUT2D eigenvalue weighted by molar-refractivity contribution is 9.10. The quantitative estimate of drug-likeness (QED) is 0.635. The Balaban J connectivity index is 2.74. The highest BCUT2D eigenvalue weighted by Gasteiger charge is 2.16. The summed E-state index contributed by atoms with van der Waals surface area (Å²) in [5.41, 5.74) is 8.45. The number of amides is 1. The monoisotopic (exact) mass is 327 g/mol. The molecule has 7 heteroatoms. The molecule has 3 N–H and O–H groups in total. The standard InChI is InChI=1S/C12H18BrN5O/c1-4-5-6-8(2)18(3)17-12(19)10-11(14)15-7-9(13)16-10/h5-8H,4H2,1-3H3,(H2,14,15)(H,17,19)/b6-5-. The molecule has 0 aromatic carbocycles. The van der Waals surface area contributed by atoms with Crippen LogP contribution in [0.4, 0.5) is 5.82 Å². The summed E-state index contributed by atoms with van der Waals surface area (Å²) in [7, 11) is 1.78. The molecule has 0 spiro atoms. The SMILES string of the molecule is CC/C=C\C(C)N(C)NC(=O)c1nc(Br)cnc1N. The van der Waals surface area contributed by atoms with Crippen molar-refractivity contribution in [2.75, 3.05) is 12.8 Å². The molecule has 1 aromatic heterocycles. The molecule has 6 nitrogen and oxygen atoms in total. The van der Waals surface area contributed by atoms with Crippen LogP contribution in [-0.2, 0) is 0 Å². The second-order valence-corrected chi connectivity index (χ2v) is 4.87. The van der Waals surface area contributed by atoms with Crippen molar-refractivity contribution >= 4 is 27.7 Å². The Morgan fingerprint density at radius 3 is 3.00 bits per heavy atom. The number of likely N-dealkylation sites (N-methyl/N-ethyl adjacent to an activating group) is 1. The minimum absolute atomic E-state index is 0.0743. The van der Waals surface area contributed by atoms with Gasteiger partial charge in [0, 0.05) is 13.1 Å². The van der Waals surface area contributed by atoms with Crippen molar-refractivity contribution < 1.29 is 4.79 Å². The molecule has 1 unspecified atom stereocenters. The number of hydrogen-bond acceptors (Lipinski definition) is 5. The zero-order chi connectivity index (χ0) is 14.4. The zero-order valence-corrected chi connectivity index (χ0v) is 12.8. The summed E-state index contributed by atoms with van der Waals surface area (Å²) >= 11 is 3.16. The number of hydrazine groups is 1. The van der Waals surface area contributed by atoms with Crippen LogP contribution in [0.3, 0.4) is 0 Å². The third-order valence-corrected chi connectivity index (χ3v) is 2.91. The van der Waals surface area contributed by atoms with E-state index in [1.54, 1.807) is 12.1 Å². The Hall–Kier alpha value is -1.47. The summed E-state index contributed by atoms with van der Waals surface area (Å²) in [5.74, 6) is -0.281. The second kappa shape index (κ2) is 7.20. The van der Waals surface area contributed by atoms with E-state index in [0.29, 0.717) is 4.60 Å². The molecule has 1 amide bonds. The van der Waals surface area contributed by atoms with E-state index >= 15 is 0 Å². The summed E-state index contributed by atoms with van der Waals surface area (Å²) < 4.78 is 0.466. The maximum atomic E-state index is 12.0. The Bertz CT molecular complexity index is 477. The van der Waals surface area contributed by atoms with Crippen molar-refractivity contribution in [3.05, 3.63) is 28.6 Å². The van der Waals surface area contributed by atoms with Gasteiger partial charge in [-0.3, -0.25) is 10.2 Å². The smallest absolute Gasteiger partial charge is 0.288 e. The van der Waals surface area contributed by atoms with Gasteiger partial charge >= 0.3 is 0 Å². The minimum atomic E-state index is -0.384. The first-order valence-corrected chi connectivity index (χ1v) is 6.73. The van der Waals surface area contributed by atoms with Crippen molar-refractivity contribution in [1.82, 2.24) is 20.4 Å². The molecule has 0 radical (unpaired) electrons. The van der Waals surface area contributed by atoms with Gasteiger partial charge in [-0.1, -0.05) is 19.1 Å². The molecular weight excluding hydrogens is 310 g/mol. The van der Waals surface area contributed by atoms with Gasteiger partial charge in [-0.05, 0) is 29.3 Å². The molecule has 0 aliphatic heterocycles. The van der Waals surface area contributed by atoms with Gasteiger partial charge in [0.1, 0.15) is 4.60 Å². The second-order valence-electron chi connectivity index (χ2n) is 4.06. The van der Waals surface area contributed by atoms with Crippen LogP contribution in [0.1, 0.15) is 30.8 Å². The van der Waals surface area contributed by atoms with E-state index in [9.17, 15) is 4.79 Å². The molecule has 104 valence electrons. The lowest BCUT2D eigenvalue weighted by molar-refractivity contribution is 0.0797. The van der Waals surface area contributed by atoms with Gasteiger partial charge in [-0.15, -0.1) is 0 Å². The Morgan fingerprint density at radius 1 is 1.68 bits per heavy atom. The number of halogens is 1. The predicted octanol–water partition coefficient (Wildman–Crippen LogP) is 1.75. The number of nitrogen functional groups attached to an aromatic ring is 1. The molecule has 1 rings (SSSR count). The molecule has 0 saturated heterocycles. The van der Waals surface area contributed by atoms with Crippen LogP contribution in [0.2, 0.25) is 0 Å². The van der Waals surface area contributed by atoms with Crippen molar-refractivity contribution in [2.45, 2.75) is 26.3 Å². The van der Waals surface area contributed by atoms with Crippen LogP contribution in [-0.4, -0.2) is 34.0 Å². The Labute approximate surface area is 121 Å². The number of anilines is 1. The number of nitrogens with zero attached hydrogens (tertiary/aromatic N) is 3. The fraction of sp³-hybridized carbons (Fsp3) is 0.417. The molecule has 0 aliphatic carbocycles. The summed E-state index contributed by atoms with van der Waals surface area (Å²) in [6.45, 7) is 4.03. The van der Waals surface area contributed by atoms with Crippen molar-refractivity contribution in [3.8, 4) is 0 Å². The van der Waals surface area contributed by atoms with Crippen LogP contribution >= 0.6 is 15.9 Å². The molecular formula is C12H18BrN5O. The van der Waals surface area contributed by atoms with Crippen LogP contribution in [0.5, 0.6) is 0 Å². The van der Waals surface area contributed by atoms with Crippen molar-refractivity contribution in [3.63, 3.8) is 0 Å². The molecule has 1 heterocycles. The van der Waals surface area contributed by atoms with E-state index in [1.165, 1.54) is 6.20 Å². The van der Waals surface area contributed by atoms with Crippen LogP contribution in [0, 0.1) is 0 Å². The molecule has 19 heavy (non-hydrogen) atoms. The maximum Gasteiger partial charge on any atom is 0.288 e. The number of rotatable bonds is 5. The summed E-state index contributed by atoms with van der Waals surface area (Å²) in [4.78, 5) is 19.9. The third kappa shape index (κ3) is 4.60. The first kappa shape index (κ1) is 15.6. The summed E-state index contributed by atoms with van der Waals surface area (Å²) in [6.07, 6.45) is 6.45. The van der Waals surface area contributed by atoms with E-state index < -0.39 is 0 Å². The van der Waals surface area contributed by atoms with Gasteiger partial charge < -0.3 is 5.73 Å².